The molecular formula is C20H13ClN4O2. The molecule has 0 saturated carbocycles. The number of aromatic nitrogens is 2. The van der Waals surface area contributed by atoms with E-state index in [1.807, 2.05) is 36.4 Å². The molecule has 4 rings (SSSR count). The third kappa shape index (κ3) is 3.56. The normalized spacial score (nSPS) is 10.7. The highest BCUT2D eigenvalue weighted by Crippen LogP contribution is 2.28. The van der Waals surface area contributed by atoms with Crippen molar-refractivity contribution in [1.29, 1.82) is 0 Å². The van der Waals surface area contributed by atoms with E-state index in [9.17, 15) is 10.1 Å². The van der Waals surface area contributed by atoms with E-state index in [0.29, 0.717) is 22.4 Å². The zero-order chi connectivity index (χ0) is 18.8. The van der Waals surface area contributed by atoms with Crippen molar-refractivity contribution < 1.29 is 4.92 Å². The highest BCUT2D eigenvalue weighted by atomic mass is 35.5. The number of hydrogen-bond acceptors (Lipinski definition) is 5. The summed E-state index contributed by atoms with van der Waals surface area (Å²) in [6, 6.07) is 21.2. The summed E-state index contributed by atoms with van der Waals surface area (Å²) in [5, 5.41) is 15.7. The van der Waals surface area contributed by atoms with Gasteiger partial charge in [-0.2, -0.15) is 0 Å². The summed E-state index contributed by atoms with van der Waals surface area (Å²) >= 11 is 5.96. The van der Waals surface area contributed by atoms with E-state index in [0.717, 1.165) is 16.5 Å². The van der Waals surface area contributed by atoms with Crippen LogP contribution in [-0.2, 0) is 0 Å². The maximum Gasteiger partial charge on any atom is 0.271 e. The molecule has 7 heteroatoms. The van der Waals surface area contributed by atoms with Crippen molar-refractivity contribution in [2.45, 2.75) is 0 Å². The van der Waals surface area contributed by atoms with Gasteiger partial charge in [-0.25, -0.2) is 9.97 Å². The fourth-order valence-corrected chi connectivity index (χ4v) is 2.86. The lowest BCUT2D eigenvalue weighted by molar-refractivity contribution is -0.384. The molecule has 1 aromatic heterocycles. The number of anilines is 2. The van der Waals surface area contributed by atoms with Gasteiger partial charge in [-0.3, -0.25) is 10.1 Å². The second-order valence-corrected chi connectivity index (χ2v) is 6.29. The average molecular weight is 377 g/mol. The van der Waals surface area contributed by atoms with Crippen molar-refractivity contribution in [2.75, 3.05) is 5.32 Å². The van der Waals surface area contributed by atoms with Gasteiger partial charge in [-0.1, -0.05) is 29.8 Å². The molecule has 0 aliphatic carbocycles. The molecule has 0 radical (unpaired) electrons. The first-order valence-electron chi connectivity index (χ1n) is 8.14. The van der Waals surface area contributed by atoms with Crippen LogP contribution in [0.3, 0.4) is 0 Å². The van der Waals surface area contributed by atoms with Crippen molar-refractivity contribution in [3.05, 3.63) is 87.9 Å². The summed E-state index contributed by atoms with van der Waals surface area (Å²) in [5.74, 6) is 1.12. The SMILES string of the molecule is O=[N+]([O-])c1cccc(Nc2nc(-c3ccc(Cl)cc3)nc3ccccc23)c1. The first-order valence-corrected chi connectivity index (χ1v) is 8.52. The number of fused-ring (bicyclic) bond motifs is 1. The molecule has 0 aliphatic rings. The van der Waals surface area contributed by atoms with E-state index in [1.54, 1.807) is 24.3 Å². The van der Waals surface area contributed by atoms with Gasteiger partial charge in [0, 0.05) is 33.8 Å². The summed E-state index contributed by atoms with van der Waals surface area (Å²) in [5.41, 5.74) is 2.18. The highest BCUT2D eigenvalue weighted by molar-refractivity contribution is 6.30. The van der Waals surface area contributed by atoms with Crippen molar-refractivity contribution in [2.24, 2.45) is 0 Å². The Kier molecular flexibility index (Phi) is 4.40. The van der Waals surface area contributed by atoms with E-state index in [4.69, 9.17) is 11.6 Å². The number of benzene rings is 3. The van der Waals surface area contributed by atoms with Crippen LogP contribution in [-0.4, -0.2) is 14.9 Å². The van der Waals surface area contributed by atoms with Gasteiger partial charge in [0.1, 0.15) is 5.82 Å². The summed E-state index contributed by atoms with van der Waals surface area (Å²) in [7, 11) is 0. The molecule has 0 fully saturated rings. The van der Waals surface area contributed by atoms with Crippen molar-refractivity contribution >= 4 is 39.7 Å². The Morgan fingerprint density at radius 1 is 0.926 bits per heavy atom. The Labute approximate surface area is 159 Å². The first-order chi connectivity index (χ1) is 13.1. The minimum Gasteiger partial charge on any atom is -0.339 e. The monoisotopic (exact) mass is 376 g/mol. The van der Waals surface area contributed by atoms with Crippen LogP contribution in [0.5, 0.6) is 0 Å². The van der Waals surface area contributed by atoms with Crippen LogP contribution in [0.4, 0.5) is 17.2 Å². The van der Waals surface area contributed by atoms with E-state index in [-0.39, 0.29) is 5.69 Å². The molecular weight excluding hydrogens is 364 g/mol. The lowest BCUT2D eigenvalue weighted by atomic mass is 10.1. The minimum atomic E-state index is -0.428. The molecule has 0 amide bonds. The molecule has 1 N–H and O–H groups in total. The predicted molar refractivity (Wildman–Crippen MR) is 106 cm³/mol. The number of nitrogens with one attached hydrogen (secondary N) is 1. The Morgan fingerprint density at radius 3 is 2.48 bits per heavy atom. The second-order valence-electron chi connectivity index (χ2n) is 5.85. The molecule has 132 valence electrons. The molecule has 27 heavy (non-hydrogen) atoms. The van der Waals surface area contributed by atoms with E-state index >= 15 is 0 Å². The van der Waals surface area contributed by atoms with Crippen molar-refractivity contribution in [3.8, 4) is 11.4 Å². The summed E-state index contributed by atoms with van der Waals surface area (Å²) < 4.78 is 0. The molecule has 6 nitrogen and oxygen atoms in total. The number of rotatable bonds is 4. The van der Waals surface area contributed by atoms with Gasteiger partial charge in [-0.05, 0) is 42.5 Å². The minimum absolute atomic E-state index is 0.0105. The number of nitro benzene ring substituents is 1. The number of nitrogens with zero attached hydrogens (tertiary/aromatic N) is 3. The van der Waals surface area contributed by atoms with Gasteiger partial charge >= 0.3 is 0 Å². The predicted octanol–water partition coefficient (Wildman–Crippen LogP) is 5.60. The molecule has 0 spiro atoms. The molecule has 3 aromatic carbocycles. The summed E-state index contributed by atoms with van der Waals surface area (Å²) in [6.45, 7) is 0. The maximum atomic E-state index is 11.0. The maximum absolute atomic E-state index is 11.0. The molecule has 0 atom stereocenters. The average Bonchev–Trinajstić information content (AvgIpc) is 2.68. The first kappa shape index (κ1) is 16.9. The van der Waals surface area contributed by atoms with E-state index in [2.05, 4.69) is 15.3 Å². The second kappa shape index (κ2) is 7.01. The zero-order valence-corrected chi connectivity index (χ0v) is 14.7. The van der Waals surface area contributed by atoms with Gasteiger partial charge in [0.2, 0.25) is 0 Å². The molecule has 0 aliphatic heterocycles. The van der Waals surface area contributed by atoms with Gasteiger partial charge in [0.05, 0.1) is 10.4 Å². The van der Waals surface area contributed by atoms with Gasteiger partial charge in [-0.15, -0.1) is 0 Å². The third-order valence-electron chi connectivity index (χ3n) is 4.03. The van der Waals surface area contributed by atoms with Crippen LogP contribution in [0.1, 0.15) is 0 Å². The quantitative estimate of drug-likeness (QED) is 0.370. The van der Waals surface area contributed by atoms with Crippen LogP contribution in [0.25, 0.3) is 22.3 Å². The molecule has 0 bridgehead atoms. The van der Waals surface area contributed by atoms with Gasteiger partial charge < -0.3 is 5.32 Å². The molecule has 0 saturated heterocycles. The summed E-state index contributed by atoms with van der Waals surface area (Å²) in [4.78, 5) is 19.9. The number of non-ortho nitro benzene ring substituents is 1. The lowest BCUT2D eigenvalue weighted by Crippen LogP contribution is -2.00. The Hall–Kier alpha value is -3.51. The Balaban J connectivity index is 1.82. The number of nitro groups is 1. The van der Waals surface area contributed by atoms with Crippen LogP contribution < -0.4 is 5.32 Å². The van der Waals surface area contributed by atoms with Crippen LogP contribution in [0.15, 0.2) is 72.8 Å². The number of para-hydroxylation sites is 1. The zero-order valence-electron chi connectivity index (χ0n) is 14.0. The number of hydrogen-bond donors (Lipinski definition) is 1. The standard InChI is InChI=1S/C20H13ClN4O2/c21-14-10-8-13(9-11-14)19-23-18-7-2-1-6-17(18)20(24-19)22-15-4-3-5-16(12-15)25(26)27/h1-12H,(H,22,23,24). The molecule has 4 aromatic rings. The third-order valence-corrected chi connectivity index (χ3v) is 4.28. The number of halogens is 1. The Bertz CT molecular complexity index is 1150. The molecule has 0 unspecified atom stereocenters. The fraction of sp³-hybridized carbons (Fsp3) is 0. The lowest BCUT2D eigenvalue weighted by Gasteiger charge is -2.11. The van der Waals surface area contributed by atoms with Crippen molar-refractivity contribution in [3.63, 3.8) is 0 Å². The van der Waals surface area contributed by atoms with Crippen molar-refractivity contribution in [1.82, 2.24) is 9.97 Å². The van der Waals surface area contributed by atoms with Crippen LogP contribution in [0, 0.1) is 10.1 Å². The molecule has 1 heterocycles. The Morgan fingerprint density at radius 2 is 1.70 bits per heavy atom. The fourth-order valence-electron chi connectivity index (χ4n) is 2.73. The van der Waals surface area contributed by atoms with E-state index in [1.165, 1.54) is 12.1 Å². The smallest absolute Gasteiger partial charge is 0.271 e. The summed E-state index contributed by atoms with van der Waals surface area (Å²) in [6.07, 6.45) is 0. The van der Waals surface area contributed by atoms with Crippen LogP contribution >= 0.6 is 11.6 Å². The topological polar surface area (TPSA) is 81.0 Å². The largest absolute Gasteiger partial charge is 0.339 e. The van der Waals surface area contributed by atoms with Gasteiger partial charge in [0.25, 0.3) is 5.69 Å². The van der Waals surface area contributed by atoms with E-state index < -0.39 is 4.92 Å². The van der Waals surface area contributed by atoms with Crippen LogP contribution in [0.2, 0.25) is 5.02 Å². The highest BCUT2D eigenvalue weighted by Gasteiger charge is 2.11. The van der Waals surface area contributed by atoms with Gasteiger partial charge in [0.15, 0.2) is 5.82 Å².